The maximum absolute atomic E-state index is 11.8. The van der Waals surface area contributed by atoms with Crippen molar-refractivity contribution in [3.8, 4) is 0 Å². The van der Waals surface area contributed by atoms with Crippen LogP contribution in [0.15, 0.2) is 12.3 Å². The number of pyridine rings is 1. The van der Waals surface area contributed by atoms with Gasteiger partial charge in [-0.3, -0.25) is 10.1 Å². The second-order valence-corrected chi connectivity index (χ2v) is 4.32. The summed E-state index contributed by atoms with van der Waals surface area (Å²) in [6.07, 6.45) is 1.38. The van der Waals surface area contributed by atoms with Crippen LogP contribution < -0.4 is 11.1 Å². The number of nitrogen functional groups attached to an aromatic ring is 1. The molecule has 0 atom stereocenters. The van der Waals surface area contributed by atoms with Crippen LogP contribution in [0.25, 0.3) is 0 Å². The zero-order chi connectivity index (χ0) is 12.4. The number of hydrogen-bond acceptors (Lipinski definition) is 6. The Kier molecular flexibility index (Phi) is 3.21. The number of carbonyl (C=O) groups excluding carboxylic acids is 1. The number of nitrogens with zero attached hydrogens (tertiary/aromatic N) is 3. The van der Waals surface area contributed by atoms with Crippen LogP contribution in [-0.4, -0.2) is 20.2 Å². The lowest BCUT2D eigenvalue weighted by atomic mass is 10.2. The number of nitrogens with one attached hydrogen (secondary N) is 1. The molecule has 0 aliphatic heterocycles. The van der Waals surface area contributed by atoms with Gasteiger partial charge in [-0.25, -0.2) is 9.97 Å². The summed E-state index contributed by atoms with van der Waals surface area (Å²) < 4.78 is 3.95. The van der Waals surface area contributed by atoms with Crippen LogP contribution in [0.1, 0.15) is 16.2 Å². The molecule has 3 N–H and O–H groups in total. The molecule has 2 aromatic heterocycles. The van der Waals surface area contributed by atoms with E-state index in [1.54, 1.807) is 6.92 Å². The molecule has 17 heavy (non-hydrogen) atoms. The molecule has 2 heterocycles. The van der Waals surface area contributed by atoms with Crippen molar-refractivity contribution < 1.29 is 4.79 Å². The molecular weight excluding hydrogens is 262 g/mol. The number of nitrogens with two attached hydrogens (primary N) is 1. The summed E-state index contributed by atoms with van der Waals surface area (Å²) in [6, 6.07) is 1.46. The van der Waals surface area contributed by atoms with Gasteiger partial charge in [-0.05, 0) is 13.0 Å². The second kappa shape index (κ2) is 4.64. The van der Waals surface area contributed by atoms with Crippen LogP contribution in [0.4, 0.5) is 10.8 Å². The molecular formula is C9H8ClN5OS. The number of aryl methyl sites for hydroxylation is 1. The summed E-state index contributed by atoms with van der Waals surface area (Å²) in [7, 11) is 0. The van der Waals surface area contributed by atoms with Crippen LogP contribution in [0.5, 0.6) is 0 Å². The summed E-state index contributed by atoms with van der Waals surface area (Å²) >= 11 is 6.90. The van der Waals surface area contributed by atoms with Crippen LogP contribution >= 0.6 is 23.1 Å². The first-order valence-corrected chi connectivity index (χ1v) is 5.74. The largest absolute Gasteiger partial charge is 0.397 e. The third kappa shape index (κ3) is 2.69. The van der Waals surface area contributed by atoms with Crippen LogP contribution in [-0.2, 0) is 0 Å². The van der Waals surface area contributed by atoms with Gasteiger partial charge in [0, 0.05) is 11.5 Å². The summed E-state index contributed by atoms with van der Waals surface area (Å²) in [5.74, 6) is 0.188. The zero-order valence-corrected chi connectivity index (χ0v) is 10.3. The molecule has 0 unspecified atom stereocenters. The minimum absolute atomic E-state index is 0.0953. The molecule has 2 rings (SSSR count). The number of aromatic nitrogens is 3. The Morgan fingerprint density at radius 3 is 3.00 bits per heavy atom. The lowest BCUT2D eigenvalue weighted by Gasteiger charge is -2.03. The number of halogens is 1. The van der Waals surface area contributed by atoms with Gasteiger partial charge in [0.2, 0.25) is 5.13 Å². The third-order valence-electron chi connectivity index (χ3n) is 1.85. The quantitative estimate of drug-likeness (QED) is 0.810. The van der Waals surface area contributed by atoms with Gasteiger partial charge in [-0.15, -0.1) is 0 Å². The van der Waals surface area contributed by atoms with Crippen molar-refractivity contribution in [1.82, 2.24) is 14.3 Å². The summed E-state index contributed by atoms with van der Waals surface area (Å²) in [5.41, 5.74) is 6.11. The summed E-state index contributed by atoms with van der Waals surface area (Å²) in [6.45, 7) is 1.74. The monoisotopic (exact) mass is 269 g/mol. The molecule has 0 saturated heterocycles. The lowest BCUT2D eigenvalue weighted by Crippen LogP contribution is -2.13. The molecule has 0 aliphatic rings. The first-order valence-electron chi connectivity index (χ1n) is 4.59. The van der Waals surface area contributed by atoms with Crippen LogP contribution in [0, 0.1) is 6.92 Å². The molecule has 0 radical (unpaired) electrons. The maximum atomic E-state index is 11.8. The molecule has 0 aromatic carbocycles. The summed E-state index contributed by atoms with van der Waals surface area (Å²) in [4.78, 5) is 19.6. The highest BCUT2D eigenvalue weighted by Gasteiger charge is 2.13. The highest BCUT2D eigenvalue weighted by atomic mass is 35.5. The minimum Gasteiger partial charge on any atom is -0.397 e. The highest BCUT2D eigenvalue weighted by molar-refractivity contribution is 7.09. The number of anilines is 2. The molecule has 2 aromatic rings. The van der Waals surface area contributed by atoms with Crippen molar-refractivity contribution in [2.24, 2.45) is 0 Å². The first-order chi connectivity index (χ1) is 8.06. The van der Waals surface area contributed by atoms with Gasteiger partial charge >= 0.3 is 0 Å². The van der Waals surface area contributed by atoms with Crippen molar-refractivity contribution in [3.63, 3.8) is 0 Å². The standard InChI is InChI=1S/C9H8ClN5OS/c1-4-13-9(17-15-4)14-8(16)6-2-5(11)3-12-7(6)10/h2-3H,11H2,1H3,(H,13,14,15,16). The smallest absolute Gasteiger partial charge is 0.260 e. The Hall–Kier alpha value is -1.73. The van der Waals surface area contributed by atoms with Crippen molar-refractivity contribution in [3.05, 3.63) is 28.8 Å². The predicted molar refractivity (Wildman–Crippen MR) is 66.3 cm³/mol. The van der Waals surface area contributed by atoms with E-state index in [1.807, 2.05) is 0 Å². The van der Waals surface area contributed by atoms with Gasteiger partial charge in [0.15, 0.2) is 0 Å². The maximum Gasteiger partial charge on any atom is 0.260 e. The van der Waals surface area contributed by atoms with Gasteiger partial charge in [0.1, 0.15) is 11.0 Å². The lowest BCUT2D eigenvalue weighted by molar-refractivity contribution is 0.102. The molecule has 6 nitrogen and oxygen atoms in total. The second-order valence-electron chi connectivity index (χ2n) is 3.21. The number of carbonyl (C=O) groups is 1. The Labute approximate surface area is 106 Å². The molecule has 0 spiro atoms. The van der Waals surface area contributed by atoms with Gasteiger partial charge in [0.25, 0.3) is 5.91 Å². The fourth-order valence-electron chi connectivity index (χ4n) is 1.14. The molecule has 88 valence electrons. The Balaban J connectivity index is 2.22. The Morgan fingerprint density at radius 2 is 2.35 bits per heavy atom. The Morgan fingerprint density at radius 1 is 1.59 bits per heavy atom. The van der Waals surface area contributed by atoms with E-state index in [1.165, 1.54) is 12.3 Å². The zero-order valence-electron chi connectivity index (χ0n) is 8.77. The van der Waals surface area contributed by atoms with E-state index in [2.05, 4.69) is 19.7 Å². The fourth-order valence-corrected chi connectivity index (χ4v) is 1.90. The van der Waals surface area contributed by atoms with Gasteiger partial charge < -0.3 is 5.73 Å². The predicted octanol–water partition coefficient (Wildman–Crippen LogP) is 1.73. The van der Waals surface area contributed by atoms with Gasteiger partial charge in [-0.2, -0.15) is 4.37 Å². The Bertz CT molecular complexity index is 570. The molecule has 0 saturated carbocycles. The van der Waals surface area contributed by atoms with Gasteiger partial charge in [-0.1, -0.05) is 11.6 Å². The third-order valence-corrected chi connectivity index (χ3v) is 2.88. The van der Waals surface area contributed by atoms with Crippen molar-refractivity contribution in [2.45, 2.75) is 6.92 Å². The van der Waals surface area contributed by atoms with E-state index >= 15 is 0 Å². The molecule has 0 aliphatic carbocycles. The van der Waals surface area contributed by atoms with E-state index < -0.39 is 5.91 Å². The van der Waals surface area contributed by atoms with Crippen LogP contribution in [0.3, 0.4) is 0 Å². The molecule has 0 fully saturated rings. The first kappa shape index (κ1) is 11.7. The van der Waals surface area contributed by atoms with E-state index in [0.29, 0.717) is 16.6 Å². The number of hydrogen-bond donors (Lipinski definition) is 2. The van der Waals surface area contributed by atoms with Crippen LogP contribution in [0.2, 0.25) is 5.15 Å². The van der Waals surface area contributed by atoms with E-state index in [-0.39, 0.29) is 10.7 Å². The molecule has 8 heteroatoms. The molecule has 1 amide bonds. The SMILES string of the molecule is Cc1nsc(NC(=O)c2cc(N)cnc2Cl)n1. The minimum atomic E-state index is -0.411. The average Bonchev–Trinajstić information content (AvgIpc) is 2.67. The number of rotatable bonds is 2. The van der Waals surface area contributed by atoms with E-state index in [4.69, 9.17) is 17.3 Å². The molecule has 0 bridgehead atoms. The van der Waals surface area contributed by atoms with Gasteiger partial charge in [0.05, 0.1) is 17.4 Å². The van der Waals surface area contributed by atoms with Crippen molar-refractivity contribution in [2.75, 3.05) is 11.1 Å². The highest BCUT2D eigenvalue weighted by Crippen LogP contribution is 2.18. The fraction of sp³-hybridized carbons (Fsp3) is 0.111. The van der Waals surface area contributed by atoms with Crippen molar-refractivity contribution >= 4 is 39.9 Å². The topological polar surface area (TPSA) is 93.8 Å². The normalized spacial score (nSPS) is 10.2. The van der Waals surface area contributed by atoms with Crippen molar-refractivity contribution in [1.29, 1.82) is 0 Å². The van der Waals surface area contributed by atoms with E-state index in [0.717, 1.165) is 11.5 Å². The number of amides is 1. The van der Waals surface area contributed by atoms with E-state index in [9.17, 15) is 4.79 Å². The average molecular weight is 270 g/mol. The summed E-state index contributed by atoms with van der Waals surface area (Å²) in [5, 5.41) is 3.08.